The molecule has 3 N–H and O–H groups in total. The van der Waals surface area contributed by atoms with Gasteiger partial charge in [0.1, 0.15) is 5.82 Å². The standard InChI is InChI=1S/C10H14FNO/c1-2-3-10(13)8-5-4-7(11)6-9(8)12/h4-6,10,13H,2-3,12H2,1H3. The Bertz CT molecular complexity index is 288. The van der Waals surface area contributed by atoms with Crippen molar-refractivity contribution in [2.45, 2.75) is 25.9 Å². The van der Waals surface area contributed by atoms with Crippen molar-refractivity contribution in [2.24, 2.45) is 0 Å². The van der Waals surface area contributed by atoms with E-state index in [0.29, 0.717) is 17.7 Å². The Kier molecular flexibility index (Phi) is 3.25. The number of aliphatic hydroxyl groups excluding tert-OH is 1. The smallest absolute Gasteiger partial charge is 0.125 e. The lowest BCUT2D eigenvalue weighted by molar-refractivity contribution is 0.167. The summed E-state index contributed by atoms with van der Waals surface area (Å²) in [4.78, 5) is 0. The molecule has 13 heavy (non-hydrogen) atoms. The maximum Gasteiger partial charge on any atom is 0.125 e. The van der Waals surface area contributed by atoms with Crippen LogP contribution in [0.3, 0.4) is 0 Å². The third kappa shape index (κ3) is 2.42. The predicted molar refractivity (Wildman–Crippen MR) is 50.7 cm³/mol. The van der Waals surface area contributed by atoms with Crippen molar-refractivity contribution in [3.63, 3.8) is 0 Å². The molecule has 0 spiro atoms. The second kappa shape index (κ2) is 4.23. The van der Waals surface area contributed by atoms with Crippen molar-refractivity contribution in [1.82, 2.24) is 0 Å². The van der Waals surface area contributed by atoms with Gasteiger partial charge in [0.25, 0.3) is 0 Å². The Hall–Kier alpha value is -1.09. The molecule has 1 aromatic carbocycles. The summed E-state index contributed by atoms with van der Waals surface area (Å²) in [6, 6.07) is 4.07. The van der Waals surface area contributed by atoms with E-state index in [0.717, 1.165) is 6.42 Å². The normalized spacial score (nSPS) is 12.8. The van der Waals surface area contributed by atoms with Gasteiger partial charge in [-0.25, -0.2) is 4.39 Å². The second-order valence-corrected chi connectivity index (χ2v) is 3.08. The topological polar surface area (TPSA) is 46.2 Å². The molecule has 72 valence electrons. The van der Waals surface area contributed by atoms with Crippen LogP contribution in [-0.2, 0) is 0 Å². The van der Waals surface area contributed by atoms with Crippen LogP contribution in [0.25, 0.3) is 0 Å². The van der Waals surface area contributed by atoms with Crippen LogP contribution >= 0.6 is 0 Å². The zero-order valence-electron chi connectivity index (χ0n) is 7.63. The highest BCUT2D eigenvalue weighted by Gasteiger charge is 2.09. The van der Waals surface area contributed by atoms with Crippen LogP contribution < -0.4 is 5.73 Å². The summed E-state index contributed by atoms with van der Waals surface area (Å²) in [7, 11) is 0. The Morgan fingerprint density at radius 1 is 1.54 bits per heavy atom. The van der Waals surface area contributed by atoms with E-state index in [4.69, 9.17) is 5.73 Å². The monoisotopic (exact) mass is 183 g/mol. The van der Waals surface area contributed by atoms with Crippen LogP contribution in [0.1, 0.15) is 31.4 Å². The Morgan fingerprint density at radius 2 is 2.23 bits per heavy atom. The summed E-state index contributed by atoms with van der Waals surface area (Å²) in [5.41, 5.74) is 6.49. The van der Waals surface area contributed by atoms with E-state index >= 15 is 0 Å². The van der Waals surface area contributed by atoms with E-state index in [1.165, 1.54) is 18.2 Å². The number of benzene rings is 1. The summed E-state index contributed by atoms with van der Waals surface area (Å²) in [5, 5.41) is 9.59. The quantitative estimate of drug-likeness (QED) is 0.706. The average Bonchev–Trinajstić information content (AvgIpc) is 2.04. The first-order chi connectivity index (χ1) is 6.15. The minimum Gasteiger partial charge on any atom is -0.398 e. The second-order valence-electron chi connectivity index (χ2n) is 3.08. The Morgan fingerprint density at radius 3 is 2.77 bits per heavy atom. The van der Waals surface area contributed by atoms with Gasteiger partial charge in [-0.1, -0.05) is 19.4 Å². The van der Waals surface area contributed by atoms with Gasteiger partial charge in [0.15, 0.2) is 0 Å². The molecule has 0 bridgehead atoms. The van der Waals surface area contributed by atoms with Gasteiger partial charge in [-0.15, -0.1) is 0 Å². The molecule has 1 rings (SSSR count). The maximum atomic E-state index is 12.6. The van der Waals surface area contributed by atoms with E-state index in [1.54, 1.807) is 0 Å². The number of anilines is 1. The van der Waals surface area contributed by atoms with Crippen molar-refractivity contribution in [3.05, 3.63) is 29.6 Å². The number of rotatable bonds is 3. The van der Waals surface area contributed by atoms with Gasteiger partial charge >= 0.3 is 0 Å². The summed E-state index contributed by atoms with van der Waals surface area (Å²) >= 11 is 0. The number of hydrogen-bond donors (Lipinski definition) is 2. The van der Waals surface area contributed by atoms with Crippen LogP contribution in [0.5, 0.6) is 0 Å². The minimum atomic E-state index is -0.578. The fourth-order valence-corrected chi connectivity index (χ4v) is 1.28. The molecule has 3 heteroatoms. The van der Waals surface area contributed by atoms with Crippen LogP contribution in [-0.4, -0.2) is 5.11 Å². The molecule has 1 aromatic rings. The van der Waals surface area contributed by atoms with Crippen LogP contribution in [0.2, 0.25) is 0 Å². The predicted octanol–water partition coefficient (Wildman–Crippen LogP) is 2.24. The minimum absolute atomic E-state index is 0.320. The van der Waals surface area contributed by atoms with Crippen LogP contribution in [0, 0.1) is 5.82 Å². The third-order valence-electron chi connectivity index (χ3n) is 1.97. The fourth-order valence-electron chi connectivity index (χ4n) is 1.28. The molecular formula is C10H14FNO. The molecule has 0 saturated heterocycles. The number of nitrogens with two attached hydrogens (primary N) is 1. The molecule has 0 amide bonds. The van der Waals surface area contributed by atoms with E-state index in [9.17, 15) is 9.50 Å². The van der Waals surface area contributed by atoms with Gasteiger partial charge in [-0.05, 0) is 18.6 Å². The SMILES string of the molecule is CCCC(O)c1ccc(F)cc1N. The van der Waals surface area contributed by atoms with E-state index in [2.05, 4.69) is 0 Å². The summed E-state index contributed by atoms with van der Waals surface area (Å²) < 4.78 is 12.6. The number of aliphatic hydroxyl groups is 1. The highest BCUT2D eigenvalue weighted by atomic mass is 19.1. The van der Waals surface area contributed by atoms with E-state index in [1.807, 2.05) is 6.92 Å². The first kappa shape index (κ1) is 9.99. The molecule has 0 radical (unpaired) electrons. The lowest BCUT2D eigenvalue weighted by atomic mass is 10.0. The summed E-state index contributed by atoms with van der Waals surface area (Å²) in [6.07, 6.45) is 0.943. The van der Waals surface area contributed by atoms with Gasteiger partial charge in [0, 0.05) is 11.3 Å². The Labute approximate surface area is 77.2 Å². The molecular weight excluding hydrogens is 169 g/mol. The number of hydrogen-bond acceptors (Lipinski definition) is 2. The molecule has 0 heterocycles. The molecule has 0 saturated carbocycles. The van der Waals surface area contributed by atoms with Crippen molar-refractivity contribution in [3.8, 4) is 0 Å². The van der Waals surface area contributed by atoms with Crippen molar-refractivity contribution < 1.29 is 9.50 Å². The van der Waals surface area contributed by atoms with Crippen molar-refractivity contribution in [1.29, 1.82) is 0 Å². The summed E-state index contributed by atoms with van der Waals surface area (Å²) in [5.74, 6) is -0.370. The van der Waals surface area contributed by atoms with E-state index in [-0.39, 0.29) is 5.82 Å². The van der Waals surface area contributed by atoms with Gasteiger partial charge in [-0.3, -0.25) is 0 Å². The van der Waals surface area contributed by atoms with Crippen LogP contribution in [0.4, 0.5) is 10.1 Å². The van der Waals surface area contributed by atoms with Gasteiger partial charge < -0.3 is 10.8 Å². The lowest BCUT2D eigenvalue weighted by Gasteiger charge is -2.11. The van der Waals surface area contributed by atoms with Crippen LogP contribution in [0.15, 0.2) is 18.2 Å². The molecule has 2 nitrogen and oxygen atoms in total. The molecule has 1 unspecified atom stereocenters. The fraction of sp³-hybridized carbons (Fsp3) is 0.400. The summed E-state index contributed by atoms with van der Waals surface area (Å²) in [6.45, 7) is 1.98. The first-order valence-corrected chi connectivity index (χ1v) is 4.38. The number of nitrogen functional groups attached to an aromatic ring is 1. The van der Waals surface area contributed by atoms with Gasteiger partial charge in [-0.2, -0.15) is 0 Å². The molecule has 0 aliphatic rings. The lowest BCUT2D eigenvalue weighted by Crippen LogP contribution is -2.02. The largest absolute Gasteiger partial charge is 0.398 e. The third-order valence-corrected chi connectivity index (χ3v) is 1.97. The maximum absolute atomic E-state index is 12.6. The Balaban J connectivity index is 2.88. The molecule has 1 atom stereocenters. The average molecular weight is 183 g/mol. The molecule has 0 aromatic heterocycles. The van der Waals surface area contributed by atoms with Gasteiger partial charge in [0.2, 0.25) is 0 Å². The first-order valence-electron chi connectivity index (χ1n) is 4.38. The highest BCUT2D eigenvalue weighted by Crippen LogP contribution is 2.24. The van der Waals surface area contributed by atoms with Crippen molar-refractivity contribution in [2.75, 3.05) is 5.73 Å². The van der Waals surface area contributed by atoms with Gasteiger partial charge in [0.05, 0.1) is 6.10 Å². The van der Waals surface area contributed by atoms with Crippen molar-refractivity contribution >= 4 is 5.69 Å². The highest BCUT2D eigenvalue weighted by molar-refractivity contribution is 5.48. The molecule has 0 aliphatic heterocycles. The van der Waals surface area contributed by atoms with E-state index < -0.39 is 6.10 Å². The zero-order valence-corrected chi connectivity index (χ0v) is 7.63. The molecule has 0 fully saturated rings. The zero-order chi connectivity index (χ0) is 9.84. The number of halogens is 1. The molecule has 0 aliphatic carbocycles.